The van der Waals surface area contributed by atoms with E-state index < -0.39 is 0 Å². The van der Waals surface area contributed by atoms with Crippen molar-refractivity contribution in [1.29, 1.82) is 0 Å². The predicted molar refractivity (Wildman–Crippen MR) is 67.5 cm³/mol. The van der Waals surface area contributed by atoms with E-state index in [1.54, 1.807) is 11.0 Å². The van der Waals surface area contributed by atoms with E-state index in [0.717, 1.165) is 12.8 Å². The lowest BCUT2D eigenvalue weighted by Crippen LogP contribution is -2.37. The van der Waals surface area contributed by atoms with Crippen molar-refractivity contribution < 1.29 is 9.90 Å². The van der Waals surface area contributed by atoms with Crippen molar-refractivity contribution in [2.75, 3.05) is 18.9 Å². The highest BCUT2D eigenvalue weighted by molar-refractivity contribution is 9.10. The van der Waals surface area contributed by atoms with Gasteiger partial charge in [0.2, 0.25) is 0 Å². The van der Waals surface area contributed by atoms with Crippen molar-refractivity contribution in [1.82, 2.24) is 9.88 Å². The van der Waals surface area contributed by atoms with Gasteiger partial charge in [0.1, 0.15) is 4.60 Å². The first-order valence-electron chi connectivity index (χ1n) is 5.46. The SMILES string of the molecule is Nc1cnc(Br)c(C(=O)N2CCC[C@H]2CO)c1. The average Bonchev–Trinajstić information content (AvgIpc) is 2.79. The van der Waals surface area contributed by atoms with Crippen molar-refractivity contribution in [3.63, 3.8) is 0 Å². The van der Waals surface area contributed by atoms with Gasteiger partial charge in [0.15, 0.2) is 0 Å². The monoisotopic (exact) mass is 299 g/mol. The molecule has 1 atom stereocenters. The summed E-state index contributed by atoms with van der Waals surface area (Å²) in [5.74, 6) is -0.131. The fraction of sp³-hybridized carbons (Fsp3) is 0.455. The number of hydrogen-bond acceptors (Lipinski definition) is 4. The smallest absolute Gasteiger partial charge is 0.257 e. The number of aliphatic hydroxyl groups excluding tert-OH is 1. The van der Waals surface area contributed by atoms with Gasteiger partial charge >= 0.3 is 0 Å². The molecule has 92 valence electrons. The number of nitrogens with zero attached hydrogens (tertiary/aromatic N) is 2. The Labute approximate surface area is 108 Å². The zero-order valence-electron chi connectivity index (χ0n) is 9.27. The Morgan fingerprint density at radius 2 is 2.47 bits per heavy atom. The molecule has 1 aromatic heterocycles. The Hall–Kier alpha value is -1.14. The summed E-state index contributed by atoms with van der Waals surface area (Å²) in [6.07, 6.45) is 3.26. The van der Waals surface area contributed by atoms with Crippen LogP contribution in [0.2, 0.25) is 0 Å². The minimum absolute atomic E-state index is 0.000890. The van der Waals surface area contributed by atoms with E-state index in [1.807, 2.05) is 0 Å². The fourth-order valence-corrected chi connectivity index (χ4v) is 2.45. The van der Waals surface area contributed by atoms with Crippen LogP contribution in [0.1, 0.15) is 23.2 Å². The van der Waals surface area contributed by atoms with Gasteiger partial charge in [-0.25, -0.2) is 4.98 Å². The quantitative estimate of drug-likeness (QED) is 0.799. The molecule has 2 heterocycles. The van der Waals surface area contributed by atoms with Gasteiger partial charge in [-0.2, -0.15) is 0 Å². The number of halogens is 1. The first kappa shape index (κ1) is 12.3. The van der Waals surface area contributed by atoms with E-state index >= 15 is 0 Å². The summed E-state index contributed by atoms with van der Waals surface area (Å²) in [6.45, 7) is 0.671. The molecule has 3 N–H and O–H groups in total. The van der Waals surface area contributed by atoms with Crippen molar-refractivity contribution in [2.45, 2.75) is 18.9 Å². The number of rotatable bonds is 2. The van der Waals surface area contributed by atoms with E-state index in [1.165, 1.54) is 6.20 Å². The highest BCUT2D eigenvalue weighted by Crippen LogP contribution is 2.23. The van der Waals surface area contributed by atoms with Crippen molar-refractivity contribution in [3.8, 4) is 0 Å². The van der Waals surface area contributed by atoms with Crippen LogP contribution in [0, 0.1) is 0 Å². The number of aliphatic hydroxyl groups is 1. The lowest BCUT2D eigenvalue weighted by molar-refractivity contribution is 0.0676. The van der Waals surface area contributed by atoms with Gasteiger partial charge < -0.3 is 15.7 Å². The molecule has 0 unspecified atom stereocenters. The molecular weight excluding hydrogens is 286 g/mol. The lowest BCUT2D eigenvalue weighted by atomic mass is 10.2. The van der Waals surface area contributed by atoms with E-state index in [4.69, 9.17) is 5.73 Å². The first-order chi connectivity index (χ1) is 8.13. The summed E-state index contributed by atoms with van der Waals surface area (Å²) in [6, 6.07) is 1.52. The van der Waals surface area contributed by atoms with Crippen LogP contribution in [0.3, 0.4) is 0 Å². The molecule has 0 aliphatic carbocycles. The van der Waals surface area contributed by atoms with Gasteiger partial charge in [0.05, 0.1) is 30.1 Å². The normalized spacial score (nSPS) is 19.6. The summed E-state index contributed by atoms with van der Waals surface area (Å²) >= 11 is 3.24. The maximum absolute atomic E-state index is 12.3. The van der Waals surface area contributed by atoms with Gasteiger partial charge in [-0.05, 0) is 34.8 Å². The second-order valence-electron chi connectivity index (χ2n) is 4.08. The molecule has 1 aliphatic heterocycles. The molecule has 6 heteroatoms. The molecule has 0 spiro atoms. The van der Waals surface area contributed by atoms with Crippen LogP contribution in [0.25, 0.3) is 0 Å². The molecule has 17 heavy (non-hydrogen) atoms. The summed E-state index contributed by atoms with van der Waals surface area (Å²) < 4.78 is 0.486. The standard InChI is InChI=1S/C11H14BrN3O2/c12-10-9(4-7(13)5-14-10)11(17)15-3-1-2-8(15)6-16/h4-5,8,16H,1-3,6,13H2/t8-/m0/s1. The third-order valence-corrected chi connectivity index (χ3v) is 3.57. The maximum Gasteiger partial charge on any atom is 0.257 e. The van der Waals surface area contributed by atoms with Crippen LogP contribution in [0.5, 0.6) is 0 Å². The highest BCUT2D eigenvalue weighted by atomic mass is 79.9. The van der Waals surface area contributed by atoms with Crippen molar-refractivity contribution >= 4 is 27.5 Å². The molecule has 0 bridgehead atoms. The second kappa shape index (κ2) is 5.01. The van der Waals surface area contributed by atoms with Crippen LogP contribution >= 0.6 is 15.9 Å². The number of likely N-dealkylation sites (tertiary alicyclic amines) is 1. The lowest BCUT2D eigenvalue weighted by Gasteiger charge is -2.23. The Morgan fingerprint density at radius 3 is 3.18 bits per heavy atom. The average molecular weight is 300 g/mol. The molecule has 1 amide bonds. The molecule has 2 rings (SSSR count). The Bertz CT molecular complexity index is 439. The Balaban J connectivity index is 2.27. The zero-order chi connectivity index (χ0) is 12.4. The van der Waals surface area contributed by atoms with Gasteiger partial charge in [0.25, 0.3) is 5.91 Å². The zero-order valence-corrected chi connectivity index (χ0v) is 10.9. The number of anilines is 1. The van der Waals surface area contributed by atoms with Crippen LogP contribution in [-0.2, 0) is 0 Å². The molecule has 0 saturated carbocycles. The summed E-state index contributed by atoms with van der Waals surface area (Å²) in [5.41, 5.74) is 6.53. The van der Waals surface area contributed by atoms with Gasteiger partial charge in [-0.15, -0.1) is 0 Å². The van der Waals surface area contributed by atoms with E-state index in [0.29, 0.717) is 22.4 Å². The van der Waals surface area contributed by atoms with E-state index in [2.05, 4.69) is 20.9 Å². The number of pyridine rings is 1. The number of nitrogens with two attached hydrogens (primary N) is 1. The van der Waals surface area contributed by atoms with Crippen LogP contribution < -0.4 is 5.73 Å². The number of aromatic nitrogens is 1. The second-order valence-corrected chi connectivity index (χ2v) is 4.84. The molecule has 5 nitrogen and oxygen atoms in total. The fourth-order valence-electron chi connectivity index (χ4n) is 2.06. The largest absolute Gasteiger partial charge is 0.397 e. The third kappa shape index (κ3) is 2.42. The van der Waals surface area contributed by atoms with Crippen molar-refractivity contribution in [2.24, 2.45) is 0 Å². The van der Waals surface area contributed by atoms with Gasteiger partial charge in [-0.1, -0.05) is 0 Å². The molecule has 1 aliphatic rings. The first-order valence-corrected chi connectivity index (χ1v) is 6.25. The molecule has 1 fully saturated rings. The van der Waals surface area contributed by atoms with E-state index in [-0.39, 0.29) is 18.6 Å². The van der Waals surface area contributed by atoms with Crippen molar-refractivity contribution in [3.05, 3.63) is 22.4 Å². The topological polar surface area (TPSA) is 79.5 Å². The van der Waals surface area contributed by atoms with Crippen LogP contribution in [0.4, 0.5) is 5.69 Å². The Morgan fingerprint density at radius 1 is 1.71 bits per heavy atom. The maximum atomic E-state index is 12.3. The Kier molecular flexibility index (Phi) is 3.63. The molecule has 1 saturated heterocycles. The number of carbonyl (C=O) groups excluding carboxylic acids is 1. The number of nitrogen functional groups attached to an aromatic ring is 1. The number of hydrogen-bond donors (Lipinski definition) is 2. The molecule has 1 aromatic rings. The minimum atomic E-state index is -0.131. The molecule has 0 aromatic carbocycles. The van der Waals surface area contributed by atoms with Gasteiger partial charge in [-0.3, -0.25) is 4.79 Å². The van der Waals surface area contributed by atoms with E-state index in [9.17, 15) is 9.90 Å². The molecular formula is C11H14BrN3O2. The highest BCUT2D eigenvalue weighted by Gasteiger charge is 2.30. The van der Waals surface area contributed by atoms with Gasteiger partial charge in [0, 0.05) is 6.54 Å². The van der Waals surface area contributed by atoms with Crippen LogP contribution in [0.15, 0.2) is 16.9 Å². The predicted octanol–water partition coefficient (Wildman–Crippen LogP) is 1.02. The van der Waals surface area contributed by atoms with Crippen LogP contribution in [-0.4, -0.2) is 40.1 Å². The number of carbonyl (C=O) groups is 1. The summed E-state index contributed by atoms with van der Waals surface area (Å²) in [4.78, 5) is 18.0. The number of amides is 1. The summed E-state index contributed by atoms with van der Waals surface area (Å²) in [5, 5.41) is 9.21. The summed E-state index contributed by atoms with van der Waals surface area (Å²) in [7, 11) is 0. The minimum Gasteiger partial charge on any atom is -0.397 e. The third-order valence-electron chi connectivity index (χ3n) is 2.94. The molecule has 0 radical (unpaired) electrons.